The van der Waals surface area contributed by atoms with Gasteiger partial charge in [-0.1, -0.05) is 11.8 Å². The van der Waals surface area contributed by atoms with Gasteiger partial charge in [-0.3, -0.25) is 0 Å². The summed E-state index contributed by atoms with van der Waals surface area (Å²) < 4.78 is 4.56. The summed E-state index contributed by atoms with van der Waals surface area (Å²) in [4.78, 5) is 0. The first-order chi connectivity index (χ1) is 5.51. The molecule has 0 aromatic carbocycles. The maximum absolute atomic E-state index is 3.92. The lowest BCUT2D eigenvalue weighted by molar-refractivity contribution is 0.496. The minimum absolute atomic E-state index is 1.02. The van der Waals surface area contributed by atoms with E-state index in [0.29, 0.717) is 0 Å². The van der Waals surface area contributed by atoms with E-state index in [9.17, 15) is 0 Å². The fourth-order valence-electron chi connectivity index (χ4n) is 1.43. The van der Waals surface area contributed by atoms with Gasteiger partial charge >= 0.3 is 0 Å². The Kier molecular flexibility index (Phi) is 4.45. The molecule has 0 aromatic rings. The number of hydrogen-bond donors (Lipinski definition) is 0. The first kappa shape index (κ1) is 11.6. The van der Waals surface area contributed by atoms with Gasteiger partial charge in [0.15, 0.2) is 0 Å². The zero-order valence-corrected chi connectivity index (χ0v) is 9.67. The topological polar surface area (TPSA) is 6.48 Å². The molecular formula is C9H20N2Si. The Hall–Kier alpha value is -0.383. The Balaban J connectivity index is 4.74. The van der Waals surface area contributed by atoms with Gasteiger partial charge in [-0.25, -0.2) is 0 Å². The summed E-state index contributed by atoms with van der Waals surface area (Å²) >= 11 is 0. The molecule has 0 fully saturated rings. The Morgan fingerprint density at radius 3 is 1.58 bits per heavy atom. The van der Waals surface area contributed by atoms with Crippen LogP contribution in [0.15, 0.2) is 24.9 Å². The molecule has 12 heavy (non-hydrogen) atoms. The van der Waals surface area contributed by atoms with Crippen LogP contribution in [0.3, 0.4) is 0 Å². The molecule has 70 valence electrons. The first-order valence-corrected chi connectivity index (χ1v) is 6.28. The van der Waals surface area contributed by atoms with E-state index in [1.165, 1.54) is 0 Å². The van der Waals surface area contributed by atoms with Crippen LogP contribution in [0.4, 0.5) is 0 Å². The lowest BCUT2D eigenvalue weighted by Crippen LogP contribution is -2.59. The molecule has 0 N–H and O–H groups in total. The van der Waals surface area contributed by atoms with E-state index in [2.05, 4.69) is 56.2 Å². The molecule has 0 saturated carbocycles. The normalized spacial score (nSPS) is 12.2. The van der Waals surface area contributed by atoms with Crippen molar-refractivity contribution in [3.05, 3.63) is 24.9 Å². The second-order valence-electron chi connectivity index (χ2n) is 3.36. The number of nitrogens with zero attached hydrogens (tertiary/aromatic N) is 2. The summed E-state index contributed by atoms with van der Waals surface area (Å²) in [5.41, 5.74) is 2.09. The molecule has 0 amide bonds. The van der Waals surface area contributed by atoms with E-state index in [0.717, 1.165) is 6.04 Å². The number of rotatable bonds is 5. The smallest absolute Gasteiger partial charge is 0.234 e. The lowest BCUT2D eigenvalue weighted by Gasteiger charge is -2.39. The van der Waals surface area contributed by atoms with Gasteiger partial charge in [0.1, 0.15) is 0 Å². The van der Waals surface area contributed by atoms with E-state index < -0.39 is 8.40 Å². The van der Waals surface area contributed by atoms with Crippen LogP contribution in [0.5, 0.6) is 0 Å². The van der Waals surface area contributed by atoms with Crippen molar-refractivity contribution in [1.29, 1.82) is 0 Å². The fourth-order valence-corrected chi connectivity index (χ4v) is 4.28. The third-order valence-corrected chi connectivity index (χ3v) is 6.96. The highest BCUT2D eigenvalue weighted by Crippen LogP contribution is 2.16. The van der Waals surface area contributed by atoms with Crippen molar-refractivity contribution in [2.75, 3.05) is 28.2 Å². The molecule has 0 radical (unpaired) electrons. The number of hydrogen-bond acceptors (Lipinski definition) is 2. The molecule has 0 unspecified atom stereocenters. The molecule has 0 aromatic heterocycles. The minimum atomic E-state index is -1.61. The average molecular weight is 184 g/mol. The minimum Gasteiger partial charge on any atom is -0.314 e. The van der Waals surface area contributed by atoms with Crippen LogP contribution < -0.4 is 0 Å². The zero-order valence-electron chi connectivity index (χ0n) is 8.67. The summed E-state index contributed by atoms with van der Waals surface area (Å²) in [5.74, 6) is 0. The molecular weight excluding hydrogens is 164 g/mol. The third kappa shape index (κ3) is 2.06. The van der Waals surface area contributed by atoms with Crippen LogP contribution >= 0.6 is 0 Å². The highest BCUT2D eigenvalue weighted by molar-refractivity contribution is 6.79. The van der Waals surface area contributed by atoms with Crippen molar-refractivity contribution in [1.82, 2.24) is 9.13 Å². The molecule has 0 heterocycles. The van der Waals surface area contributed by atoms with Crippen LogP contribution in [0.2, 0.25) is 6.04 Å². The zero-order chi connectivity index (χ0) is 9.78. The summed E-state index contributed by atoms with van der Waals surface area (Å²) in [6.07, 6.45) is 1.98. The number of allylic oxidation sites excluding steroid dienone is 1. The van der Waals surface area contributed by atoms with Gasteiger partial charge in [0.25, 0.3) is 0 Å². The summed E-state index contributed by atoms with van der Waals surface area (Å²) in [6, 6.07) is 1.02. The van der Waals surface area contributed by atoms with Crippen LogP contribution in [0.25, 0.3) is 0 Å². The SMILES string of the molecule is C=CC[Si](C=C)(N(C)C)N(C)C. The molecule has 0 aliphatic carbocycles. The van der Waals surface area contributed by atoms with E-state index >= 15 is 0 Å². The van der Waals surface area contributed by atoms with E-state index in [1.54, 1.807) is 0 Å². The Morgan fingerprint density at radius 2 is 1.50 bits per heavy atom. The van der Waals surface area contributed by atoms with E-state index in [1.807, 2.05) is 6.08 Å². The summed E-state index contributed by atoms with van der Waals surface area (Å²) in [5, 5.41) is 0. The van der Waals surface area contributed by atoms with Crippen molar-refractivity contribution in [2.45, 2.75) is 6.04 Å². The molecule has 0 saturated heterocycles. The fraction of sp³-hybridized carbons (Fsp3) is 0.556. The van der Waals surface area contributed by atoms with Crippen molar-refractivity contribution < 1.29 is 0 Å². The lowest BCUT2D eigenvalue weighted by atomic mass is 10.8. The molecule has 0 atom stereocenters. The van der Waals surface area contributed by atoms with Gasteiger partial charge in [-0.05, 0) is 34.2 Å². The monoisotopic (exact) mass is 184 g/mol. The third-order valence-electron chi connectivity index (χ3n) is 2.32. The Labute approximate surface area is 77.3 Å². The van der Waals surface area contributed by atoms with Crippen LogP contribution in [-0.2, 0) is 0 Å². The highest BCUT2D eigenvalue weighted by Gasteiger charge is 2.34. The first-order valence-electron chi connectivity index (χ1n) is 4.10. The highest BCUT2D eigenvalue weighted by atomic mass is 28.3. The summed E-state index contributed by atoms with van der Waals surface area (Å²) in [6.45, 7) is 7.72. The standard InChI is InChI=1S/C9H20N2Si/c1-7-9-12(8-2,10(3)4)11(5)6/h7-8H,1-2,9H2,3-6H3. The van der Waals surface area contributed by atoms with Gasteiger partial charge in [0.2, 0.25) is 8.40 Å². The van der Waals surface area contributed by atoms with Gasteiger partial charge < -0.3 is 9.13 Å². The van der Waals surface area contributed by atoms with Crippen LogP contribution in [-0.4, -0.2) is 45.7 Å². The average Bonchev–Trinajstić information content (AvgIpc) is 1.98. The van der Waals surface area contributed by atoms with Crippen molar-refractivity contribution in [3.8, 4) is 0 Å². The Morgan fingerprint density at radius 1 is 1.08 bits per heavy atom. The second-order valence-corrected chi connectivity index (χ2v) is 7.73. The quantitative estimate of drug-likeness (QED) is 0.471. The van der Waals surface area contributed by atoms with Gasteiger partial charge in [0.05, 0.1) is 0 Å². The van der Waals surface area contributed by atoms with Crippen molar-refractivity contribution in [3.63, 3.8) is 0 Å². The maximum Gasteiger partial charge on any atom is 0.234 e. The van der Waals surface area contributed by atoms with Crippen LogP contribution in [0, 0.1) is 0 Å². The summed E-state index contributed by atoms with van der Waals surface area (Å²) in [7, 11) is 6.82. The molecule has 0 aliphatic heterocycles. The Bertz CT molecular complexity index is 156. The van der Waals surface area contributed by atoms with Gasteiger partial charge in [0, 0.05) is 0 Å². The molecule has 0 spiro atoms. The van der Waals surface area contributed by atoms with Gasteiger partial charge in [-0.15, -0.1) is 13.2 Å². The second kappa shape index (κ2) is 4.60. The predicted octanol–water partition coefficient (Wildman–Crippen LogP) is 1.46. The van der Waals surface area contributed by atoms with E-state index in [-0.39, 0.29) is 0 Å². The molecule has 0 aliphatic rings. The largest absolute Gasteiger partial charge is 0.314 e. The van der Waals surface area contributed by atoms with Gasteiger partial charge in [-0.2, -0.15) is 0 Å². The predicted molar refractivity (Wildman–Crippen MR) is 58.3 cm³/mol. The van der Waals surface area contributed by atoms with Crippen molar-refractivity contribution in [2.24, 2.45) is 0 Å². The molecule has 0 rings (SSSR count). The maximum atomic E-state index is 3.92. The van der Waals surface area contributed by atoms with Crippen LogP contribution in [0.1, 0.15) is 0 Å². The van der Waals surface area contributed by atoms with Crippen molar-refractivity contribution >= 4 is 8.40 Å². The molecule has 0 bridgehead atoms. The van der Waals surface area contributed by atoms with E-state index in [4.69, 9.17) is 0 Å². The molecule has 3 heteroatoms. The molecule has 2 nitrogen and oxygen atoms in total.